The van der Waals surface area contributed by atoms with Gasteiger partial charge >= 0.3 is 5.00 Å². The number of carbonyl (C=O) groups is 1. The number of amides is 1. The van der Waals surface area contributed by atoms with E-state index in [0.717, 1.165) is 16.9 Å². The molecule has 0 N–H and O–H groups in total. The lowest BCUT2D eigenvalue weighted by molar-refractivity contribution is -0.380. The second-order valence-electron chi connectivity index (χ2n) is 5.11. The van der Waals surface area contributed by atoms with E-state index in [-0.39, 0.29) is 10.8 Å². The van der Waals surface area contributed by atoms with Crippen LogP contribution in [0.5, 0.6) is 0 Å². The smallest absolute Gasteiger partial charge is 0.312 e. The molecule has 0 aliphatic carbocycles. The molecule has 1 amide bonds. The van der Waals surface area contributed by atoms with Gasteiger partial charge in [0.2, 0.25) is 0 Å². The summed E-state index contributed by atoms with van der Waals surface area (Å²) in [5, 5.41) is 10.7. The molecule has 0 radical (unpaired) electrons. The number of carbonyl (C=O) groups excluding carboxylic acids is 1. The number of thiazole rings is 1. The quantitative estimate of drug-likeness (QED) is 0.285. The topological polar surface area (TPSA) is 77.5 Å². The molecule has 0 spiro atoms. The Labute approximate surface area is 155 Å². The predicted molar refractivity (Wildman–Crippen MR) is 101 cm³/mol. The highest BCUT2D eigenvalue weighted by molar-refractivity contribution is 7.16. The Morgan fingerprint density at radius 2 is 2.15 bits per heavy atom. The number of hydrogen-bond acceptors (Lipinski definition) is 5. The van der Waals surface area contributed by atoms with Gasteiger partial charge in [0, 0.05) is 23.6 Å². The van der Waals surface area contributed by atoms with Crippen LogP contribution in [0.25, 0.3) is 16.3 Å². The van der Waals surface area contributed by atoms with E-state index in [4.69, 9.17) is 0 Å². The number of benzene rings is 1. The Morgan fingerprint density at radius 1 is 1.35 bits per heavy atom. The summed E-state index contributed by atoms with van der Waals surface area (Å²) in [6.07, 6.45) is 4.40. The van der Waals surface area contributed by atoms with Gasteiger partial charge in [0.25, 0.3) is 5.91 Å². The third kappa shape index (κ3) is 3.84. The minimum Gasteiger partial charge on any atom is -0.312 e. The number of fused-ring (bicyclic) bond motifs is 1. The zero-order valence-corrected chi connectivity index (χ0v) is 14.9. The molecule has 3 aromatic rings. The Balaban J connectivity index is 1.93. The van der Waals surface area contributed by atoms with Crippen LogP contribution < -0.4 is 4.80 Å². The predicted octanol–water partition coefficient (Wildman–Crippen LogP) is 4.14. The van der Waals surface area contributed by atoms with Crippen LogP contribution in [0.4, 0.5) is 9.39 Å². The molecule has 6 nitrogen and oxygen atoms in total. The monoisotopic (exact) mass is 389 g/mol. The lowest BCUT2D eigenvalue weighted by Crippen LogP contribution is -2.15. The molecular weight excluding hydrogens is 377 g/mol. The van der Waals surface area contributed by atoms with E-state index >= 15 is 0 Å². The third-order valence-corrected chi connectivity index (χ3v) is 5.39. The van der Waals surface area contributed by atoms with Crippen molar-refractivity contribution in [3.05, 3.63) is 74.7 Å². The van der Waals surface area contributed by atoms with E-state index in [1.807, 2.05) is 0 Å². The zero-order valence-electron chi connectivity index (χ0n) is 13.3. The largest absolute Gasteiger partial charge is 0.324 e. The number of halogens is 1. The second-order valence-corrected chi connectivity index (χ2v) is 7.22. The van der Waals surface area contributed by atoms with E-state index < -0.39 is 10.8 Å². The summed E-state index contributed by atoms with van der Waals surface area (Å²) in [5.74, 6) is -0.868. The van der Waals surface area contributed by atoms with Crippen LogP contribution >= 0.6 is 22.7 Å². The van der Waals surface area contributed by atoms with Crippen molar-refractivity contribution in [1.29, 1.82) is 0 Å². The lowest BCUT2D eigenvalue weighted by atomic mass is 10.3. The van der Waals surface area contributed by atoms with Gasteiger partial charge in [-0.3, -0.25) is 14.9 Å². The number of nitro groups is 1. The number of rotatable bonds is 5. The van der Waals surface area contributed by atoms with Crippen molar-refractivity contribution in [2.45, 2.75) is 6.54 Å². The average molecular weight is 389 g/mol. The molecule has 3 rings (SSSR count). The Bertz CT molecular complexity index is 1110. The average Bonchev–Trinajstić information content (AvgIpc) is 3.19. The molecule has 0 aliphatic heterocycles. The number of thiophene rings is 1. The molecular formula is C17H12FN3O3S2. The fraction of sp³-hybridized carbons (Fsp3) is 0.0588. The van der Waals surface area contributed by atoms with Crippen molar-refractivity contribution in [1.82, 2.24) is 4.57 Å². The second kappa shape index (κ2) is 7.54. The van der Waals surface area contributed by atoms with Gasteiger partial charge in [0.15, 0.2) is 4.80 Å². The maximum Gasteiger partial charge on any atom is 0.324 e. The summed E-state index contributed by atoms with van der Waals surface area (Å²) in [6.45, 7) is 4.12. The highest BCUT2D eigenvalue weighted by Crippen LogP contribution is 2.24. The summed E-state index contributed by atoms with van der Waals surface area (Å²) in [4.78, 5) is 27.4. The van der Waals surface area contributed by atoms with E-state index in [1.165, 1.54) is 41.7 Å². The van der Waals surface area contributed by atoms with Crippen LogP contribution in [0.15, 0.2) is 54.1 Å². The molecule has 0 saturated heterocycles. The standard InChI is InChI=1S/C17H12FN3O3S2/c1-2-9-20-13-6-3-11(18)10-14(13)26-17(20)19-15(22)7-4-12-5-8-16(25-12)21(23)24/h2-8,10H,1,9H2/b7-4-,19-17?. The fourth-order valence-corrected chi connectivity index (χ4v) is 4.05. The summed E-state index contributed by atoms with van der Waals surface area (Å²) in [6, 6.07) is 7.32. The van der Waals surface area contributed by atoms with Crippen LogP contribution in [0, 0.1) is 15.9 Å². The summed E-state index contributed by atoms with van der Waals surface area (Å²) >= 11 is 2.17. The van der Waals surface area contributed by atoms with Gasteiger partial charge in [-0.2, -0.15) is 4.99 Å². The van der Waals surface area contributed by atoms with Gasteiger partial charge in [-0.05, 0) is 30.3 Å². The summed E-state index contributed by atoms with van der Waals surface area (Å²) in [7, 11) is 0. The third-order valence-electron chi connectivity index (χ3n) is 3.35. The molecule has 0 aliphatic rings. The minimum absolute atomic E-state index is 0.00407. The molecule has 0 atom stereocenters. The number of aromatic nitrogens is 1. The van der Waals surface area contributed by atoms with E-state index in [0.29, 0.717) is 20.9 Å². The van der Waals surface area contributed by atoms with Crippen molar-refractivity contribution in [3.63, 3.8) is 0 Å². The van der Waals surface area contributed by atoms with Crippen LogP contribution in [0.3, 0.4) is 0 Å². The van der Waals surface area contributed by atoms with Gasteiger partial charge in [0.05, 0.1) is 15.1 Å². The molecule has 132 valence electrons. The first-order chi connectivity index (χ1) is 12.5. The highest BCUT2D eigenvalue weighted by atomic mass is 32.1. The zero-order chi connectivity index (χ0) is 18.7. The molecule has 2 heterocycles. The van der Waals surface area contributed by atoms with Gasteiger partial charge in [-0.25, -0.2) is 4.39 Å². The molecule has 0 saturated carbocycles. The van der Waals surface area contributed by atoms with Crippen molar-refractivity contribution in [2.75, 3.05) is 0 Å². The first-order valence-electron chi connectivity index (χ1n) is 7.38. The Hall–Kier alpha value is -2.91. The van der Waals surface area contributed by atoms with Crippen molar-refractivity contribution < 1.29 is 14.1 Å². The van der Waals surface area contributed by atoms with E-state index in [2.05, 4.69) is 11.6 Å². The van der Waals surface area contributed by atoms with Crippen LogP contribution in [-0.2, 0) is 11.3 Å². The summed E-state index contributed by atoms with van der Waals surface area (Å²) < 4.78 is 15.9. The number of hydrogen-bond donors (Lipinski definition) is 0. The maximum absolute atomic E-state index is 13.4. The first kappa shape index (κ1) is 17.9. The molecule has 0 bridgehead atoms. The molecule has 9 heteroatoms. The molecule has 26 heavy (non-hydrogen) atoms. The van der Waals surface area contributed by atoms with Crippen molar-refractivity contribution >= 4 is 49.9 Å². The van der Waals surface area contributed by atoms with Crippen LogP contribution in [0.2, 0.25) is 0 Å². The van der Waals surface area contributed by atoms with Crippen molar-refractivity contribution in [2.24, 2.45) is 4.99 Å². The summed E-state index contributed by atoms with van der Waals surface area (Å²) in [5.41, 5.74) is 0.765. The molecule has 1 aromatic carbocycles. The number of nitrogens with zero attached hydrogens (tertiary/aromatic N) is 3. The minimum atomic E-state index is -0.508. The fourth-order valence-electron chi connectivity index (χ4n) is 2.25. The number of allylic oxidation sites excluding steroid dienone is 1. The Kier molecular flexibility index (Phi) is 5.19. The van der Waals surface area contributed by atoms with E-state index in [9.17, 15) is 19.3 Å². The maximum atomic E-state index is 13.4. The normalized spacial score (nSPS) is 12.1. The lowest BCUT2D eigenvalue weighted by Gasteiger charge is -2.00. The van der Waals surface area contributed by atoms with Crippen LogP contribution in [0.1, 0.15) is 4.88 Å². The van der Waals surface area contributed by atoms with Gasteiger partial charge < -0.3 is 4.57 Å². The van der Waals surface area contributed by atoms with E-state index in [1.54, 1.807) is 22.8 Å². The van der Waals surface area contributed by atoms with Crippen LogP contribution in [-0.4, -0.2) is 15.4 Å². The Morgan fingerprint density at radius 3 is 2.85 bits per heavy atom. The highest BCUT2D eigenvalue weighted by Gasteiger charge is 2.09. The van der Waals surface area contributed by atoms with Gasteiger partial charge in [0.1, 0.15) is 5.82 Å². The molecule has 0 fully saturated rings. The molecule has 2 aromatic heterocycles. The van der Waals surface area contributed by atoms with Gasteiger partial charge in [-0.15, -0.1) is 6.58 Å². The van der Waals surface area contributed by atoms with Crippen molar-refractivity contribution in [3.8, 4) is 0 Å². The SMILES string of the molecule is C=CCn1c(=NC(=O)/C=C\c2ccc([N+](=O)[O-])s2)sc2cc(F)ccc21. The van der Waals surface area contributed by atoms with Gasteiger partial charge in [-0.1, -0.05) is 28.7 Å². The molecule has 0 unspecified atom stereocenters. The first-order valence-corrected chi connectivity index (χ1v) is 9.02.